The summed E-state index contributed by atoms with van der Waals surface area (Å²) in [5, 5.41) is 10.2. The van der Waals surface area contributed by atoms with Crippen LogP contribution >= 0.6 is 23.6 Å². The van der Waals surface area contributed by atoms with Crippen LogP contribution in [0.15, 0.2) is 42.6 Å². The average Bonchev–Trinajstić information content (AvgIpc) is 3.47. The van der Waals surface area contributed by atoms with E-state index in [2.05, 4.69) is 15.7 Å². The van der Waals surface area contributed by atoms with E-state index in [1.807, 2.05) is 37.3 Å². The Kier molecular flexibility index (Phi) is 8.07. The molecule has 0 aliphatic carbocycles. The molecule has 4 rings (SSSR count). The molecule has 198 valence electrons. The minimum Gasteiger partial charge on any atom is -0.462 e. The van der Waals surface area contributed by atoms with Gasteiger partial charge in [-0.3, -0.25) is 4.68 Å². The minimum atomic E-state index is -2.23. The summed E-state index contributed by atoms with van der Waals surface area (Å²) in [5.41, 5.74) is 0.800. The molecule has 0 bridgehead atoms. The maximum absolute atomic E-state index is 14.0. The summed E-state index contributed by atoms with van der Waals surface area (Å²) in [6.45, 7) is 3.01. The lowest BCUT2D eigenvalue weighted by molar-refractivity contribution is 0.0529. The number of thiocarbonyl (C=S) groups is 1. The molecular weight excluding hydrogens is 547 g/mol. The van der Waals surface area contributed by atoms with E-state index in [0.29, 0.717) is 16.1 Å². The van der Waals surface area contributed by atoms with Gasteiger partial charge in [0, 0.05) is 22.7 Å². The third-order valence-corrected chi connectivity index (χ3v) is 6.58. The fourth-order valence-corrected chi connectivity index (χ4v) is 5.04. The molecule has 0 saturated heterocycles. The molecule has 0 spiro atoms. The SMILES string of the molecule is CCOC(=O)c1c(NC(=S)Nc2ccn(Cc3c(F)c(F)c(F)c(F)c3F)n2)sc(C)c1-c1ccccc1. The molecule has 2 aromatic heterocycles. The molecule has 0 radical (unpaired) electrons. The first-order valence-electron chi connectivity index (χ1n) is 11.1. The lowest BCUT2D eigenvalue weighted by Crippen LogP contribution is -2.21. The van der Waals surface area contributed by atoms with Crippen molar-refractivity contribution < 1.29 is 31.5 Å². The van der Waals surface area contributed by atoms with E-state index in [-0.39, 0.29) is 17.5 Å². The van der Waals surface area contributed by atoms with E-state index in [4.69, 9.17) is 17.0 Å². The highest BCUT2D eigenvalue weighted by Crippen LogP contribution is 2.40. The quantitative estimate of drug-likeness (QED) is 0.0859. The largest absolute Gasteiger partial charge is 0.462 e. The van der Waals surface area contributed by atoms with Crippen LogP contribution in [0.25, 0.3) is 11.1 Å². The van der Waals surface area contributed by atoms with Crippen molar-refractivity contribution in [2.24, 2.45) is 0 Å². The number of aromatic nitrogens is 2. The van der Waals surface area contributed by atoms with Gasteiger partial charge in [0.2, 0.25) is 5.82 Å². The van der Waals surface area contributed by atoms with Gasteiger partial charge < -0.3 is 15.4 Å². The van der Waals surface area contributed by atoms with Gasteiger partial charge in [0.25, 0.3) is 0 Å². The van der Waals surface area contributed by atoms with Crippen molar-refractivity contribution in [2.75, 3.05) is 17.2 Å². The zero-order valence-corrected chi connectivity index (χ0v) is 21.5. The second-order valence-electron chi connectivity index (χ2n) is 7.85. The summed E-state index contributed by atoms with van der Waals surface area (Å²) in [5.74, 6) is -10.6. The number of halogens is 5. The Morgan fingerprint density at radius 2 is 1.63 bits per heavy atom. The van der Waals surface area contributed by atoms with E-state index in [1.54, 1.807) is 6.92 Å². The Bertz CT molecular complexity index is 1490. The lowest BCUT2D eigenvalue weighted by atomic mass is 10.0. The van der Waals surface area contributed by atoms with Gasteiger partial charge in [0.05, 0.1) is 18.7 Å². The number of nitrogens with one attached hydrogen (secondary N) is 2. The number of carbonyl (C=O) groups excluding carboxylic acids is 1. The van der Waals surface area contributed by atoms with Crippen molar-refractivity contribution in [1.29, 1.82) is 0 Å². The molecule has 0 aliphatic heterocycles. The van der Waals surface area contributed by atoms with Crippen LogP contribution in [0.1, 0.15) is 27.7 Å². The first-order valence-corrected chi connectivity index (χ1v) is 12.3. The third-order valence-electron chi connectivity index (χ3n) is 5.36. The molecule has 0 saturated carbocycles. The van der Waals surface area contributed by atoms with E-state index in [9.17, 15) is 26.7 Å². The van der Waals surface area contributed by atoms with Crippen LogP contribution < -0.4 is 10.6 Å². The molecule has 0 fully saturated rings. The molecule has 13 heteroatoms. The predicted molar refractivity (Wildman–Crippen MR) is 138 cm³/mol. The topological polar surface area (TPSA) is 68.2 Å². The monoisotopic (exact) mass is 566 g/mol. The zero-order valence-electron chi connectivity index (χ0n) is 19.9. The average molecular weight is 567 g/mol. The molecule has 0 unspecified atom stereocenters. The highest BCUT2D eigenvalue weighted by atomic mass is 32.1. The maximum Gasteiger partial charge on any atom is 0.341 e. The van der Waals surface area contributed by atoms with Crippen LogP contribution in [0.5, 0.6) is 0 Å². The molecule has 2 heterocycles. The fourth-order valence-electron chi connectivity index (χ4n) is 3.70. The number of benzene rings is 2. The van der Waals surface area contributed by atoms with Crippen molar-refractivity contribution >= 4 is 45.5 Å². The van der Waals surface area contributed by atoms with E-state index < -0.39 is 47.2 Å². The van der Waals surface area contributed by atoms with Gasteiger partial charge in [-0.25, -0.2) is 26.7 Å². The van der Waals surface area contributed by atoms with Gasteiger partial charge in [0.15, 0.2) is 34.2 Å². The molecule has 0 aliphatic rings. The Hall–Kier alpha value is -3.84. The van der Waals surface area contributed by atoms with Crippen LogP contribution in [0.4, 0.5) is 32.8 Å². The van der Waals surface area contributed by atoms with Crippen molar-refractivity contribution in [1.82, 2.24) is 9.78 Å². The first kappa shape index (κ1) is 27.2. The number of ether oxygens (including phenoxy) is 1. The molecule has 4 aromatic rings. The smallest absolute Gasteiger partial charge is 0.341 e. The summed E-state index contributed by atoms with van der Waals surface area (Å²) in [6, 6.07) is 10.7. The van der Waals surface area contributed by atoms with Gasteiger partial charge in [-0.05, 0) is 31.6 Å². The molecular formula is C25H19F5N4O2S2. The van der Waals surface area contributed by atoms with Crippen LogP contribution in [0.2, 0.25) is 0 Å². The molecule has 38 heavy (non-hydrogen) atoms. The van der Waals surface area contributed by atoms with Gasteiger partial charge >= 0.3 is 5.97 Å². The van der Waals surface area contributed by atoms with Crippen LogP contribution in [0, 0.1) is 36.0 Å². The maximum atomic E-state index is 14.0. The number of anilines is 2. The number of hydrogen-bond acceptors (Lipinski definition) is 5. The second-order valence-corrected chi connectivity index (χ2v) is 9.48. The van der Waals surface area contributed by atoms with Gasteiger partial charge in [0.1, 0.15) is 10.6 Å². The number of carbonyl (C=O) groups is 1. The van der Waals surface area contributed by atoms with Crippen molar-refractivity contribution in [3.05, 3.63) is 87.7 Å². The van der Waals surface area contributed by atoms with Crippen molar-refractivity contribution in [3.8, 4) is 11.1 Å². The normalized spacial score (nSPS) is 10.9. The number of hydrogen-bond donors (Lipinski definition) is 2. The number of nitrogens with zero attached hydrogens (tertiary/aromatic N) is 2. The third kappa shape index (κ3) is 5.38. The molecule has 2 N–H and O–H groups in total. The van der Waals surface area contributed by atoms with Crippen molar-refractivity contribution in [2.45, 2.75) is 20.4 Å². The summed E-state index contributed by atoms with van der Waals surface area (Å²) in [6.07, 6.45) is 1.27. The van der Waals surface area contributed by atoms with E-state index in [0.717, 1.165) is 15.1 Å². The fraction of sp³-hybridized carbons (Fsp3) is 0.160. The number of esters is 1. The first-order chi connectivity index (χ1) is 18.1. The number of rotatable bonds is 7. The summed E-state index contributed by atoms with van der Waals surface area (Å²) >= 11 is 6.64. The highest BCUT2D eigenvalue weighted by Gasteiger charge is 2.27. The summed E-state index contributed by atoms with van der Waals surface area (Å²) in [7, 11) is 0. The molecule has 0 amide bonds. The standard InChI is InChI=1S/C25H19F5N4O2S2/c1-3-36-24(35)17-16(13-7-5-4-6-8-13)12(2)38-23(17)32-25(37)31-15-9-10-34(33-15)11-14-18(26)20(28)22(30)21(29)19(14)27/h4-10H,3,11H2,1-2H3,(H2,31,32,33,37). The zero-order chi connectivity index (χ0) is 27.6. The second kappa shape index (κ2) is 11.3. The predicted octanol–water partition coefficient (Wildman–Crippen LogP) is 6.65. The molecule has 2 aromatic carbocycles. The Morgan fingerprint density at radius 1 is 1.00 bits per heavy atom. The van der Waals surface area contributed by atoms with E-state index >= 15 is 0 Å². The van der Waals surface area contributed by atoms with E-state index in [1.165, 1.54) is 23.6 Å². The summed E-state index contributed by atoms with van der Waals surface area (Å²) in [4.78, 5) is 13.7. The van der Waals surface area contributed by atoms with Gasteiger partial charge in [-0.15, -0.1) is 11.3 Å². The lowest BCUT2D eigenvalue weighted by Gasteiger charge is -2.11. The highest BCUT2D eigenvalue weighted by molar-refractivity contribution is 7.80. The number of aryl methyl sites for hydroxylation is 1. The van der Waals surface area contributed by atoms with Crippen LogP contribution in [0.3, 0.4) is 0 Å². The van der Waals surface area contributed by atoms with Crippen LogP contribution in [-0.4, -0.2) is 27.5 Å². The minimum absolute atomic E-state index is 0.0397. The number of thiophene rings is 1. The van der Waals surface area contributed by atoms with Gasteiger partial charge in [-0.2, -0.15) is 5.10 Å². The Labute approximate surface area is 223 Å². The molecule has 0 atom stereocenters. The Morgan fingerprint density at radius 3 is 2.26 bits per heavy atom. The van der Waals surface area contributed by atoms with Crippen LogP contribution in [-0.2, 0) is 11.3 Å². The summed E-state index contributed by atoms with van der Waals surface area (Å²) < 4.78 is 74.6. The Balaban J connectivity index is 1.55. The van der Waals surface area contributed by atoms with Crippen molar-refractivity contribution in [3.63, 3.8) is 0 Å². The van der Waals surface area contributed by atoms with Gasteiger partial charge in [-0.1, -0.05) is 30.3 Å². The molecule has 6 nitrogen and oxygen atoms in total.